The van der Waals surface area contributed by atoms with Crippen LogP contribution in [0.2, 0.25) is 0 Å². The van der Waals surface area contributed by atoms with Crippen LogP contribution in [0.25, 0.3) is 10.9 Å². The fraction of sp³-hybridized carbons (Fsp3) is 0.143. The highest BCUT2D eigenvalue weighted by Crippen LogP contribution is 2.22. The van der Waals surface area contributed by atoms with Crippen molar-refractivity contribution in [2.45, 2.75) is 6.42 Å². The van der Waals surface area contributed by atoms with Gasteiger partial charge >= 0.3 is 5.97 Å². The minimum atomic E-state index is -0.324. The minimum absolute atomic E-state index is 0.324. The standard InChI is InChI=1S/C14H13N3O2/c1-19-14(18)9-2-3-13-12(5-9)10(6-16-13)4-11-7-15-8-17-11/h2-3,5-8,16H,4H2,1H3,(H,15,17). The molecule has 2 heterocycles. The van der Waals surface area contributed by atoms with Crippen molar-refractivity contribution >= 4 is 16.9 Å². The van der Waals surface area contributed by atoms with Crippen LogP contribution < -0.4 is 0 Å². The predicted octanol–water partition coefficient (Wildman–Crippen LogP) is 2.27. The van der Waals surface area contributed by atoms with Crippen LogP contribution in [0.5, 0.6) is 0 Å². The van der Waals surface area contributed by atoms with Crippen molar-refractivity contribution in [1.82, 2.24) is 15.0 Å². The Balaban J connectivity index is 2.03. The number of carbonyl (C=O) groups excluding carboxylic acids is 1. The molecule has 0 unspecified atom stereocenters. The first-order valence-electron chi connectivity index (χ1n) is 5.93. The number of rotatable bonds is 3. The smallest absolute Gasteiger partial charge is 0.337 e. The molecule has 0 aliphatic carbocycles. The number of benzene rings is 1. The molecule has 0 radical (unpaired) electrons. The van der Waals surface area contributed by atoms with Gasteiger partial charge in [0.1, 0.15) is 0 Å². The summed E-state index contributed by atoms with van der Waals surface area (Å²) in [6.07, 6.45) is 6.14. The Morgan fingerprint density at radius 2 is 2.26 bits per heavy atom. The molecule has 0 fully saturated rings. The van der Waals surface area contributed by atoms with Crippen molar-refractivity contribution in [2.24, 2.45) is 0 Å². The monoisotopic (exact) mass is 255 g/mol. The third-order valence-corrected chi connectivity index (χ3v) is 3.12. The number of fused-ring (bicyclic) bond motifs is 1. The fourth-order valence-electron chi connectivity index (χ4n) is 2.16. The van der Waals surface area contributed by atoms with E-state index >= 15 is 0 Å². The number of esters is 1. The van der Waals surface area contributed by atoms with Gasteiger partial charge in [-0.2, -0.15) is 0 Å². The molecule has 1 aromatic carbocycles. The molecular formula is C14H13N3O2. The van der Waals surface area contributed by atoms with Crippen molar-refractivity contribution in [1.29, 1.82) is 0 Å². The van der Waals surface area contributed by atoms with Crippen molar-refractivity contribution in [2.75, 3.05) is 7.11 Å². The Kier molecular flexibility index (Phi) is 2.79. The molecule has 5 heteroatoms. The summed E-state index contributed by atoms with van der Waals surface area (Å²) in [6, 6.07) is 5.49. The molecule has 2 aromatic heterocycles. The third kappa shape index (κ3) is 2.10. The second-order valence-electron chi connectivity index (χ2n) is 4.32. The zero-order chi connectivity index (χ0) is 13.2. The molecule has 0 aliphatic heterocycles. The number of aromatic amines is 2. The number of H-pyrrole nitrogens is 2. The van der Waals surface area contributed by atoms with E-state index in [4.69, 9.17) is 4.74 Å². The molecule has 0 amide bonds. The van der Waals surface area contributed by atoms with E-state index in [1.165, 1.54) is 7.11 Å². The van der Waals surface area contributed by atoms with Crippen LogP contribution in [0, 0.1) is 0 Å². The number of ether oxygens (including phenoxy) is 1. The Morgan fingerprint density at radius 1 is 1.37 bits per heavy atom. The lowest BCUT2D eigenvalue weighted by atomic mass is 10.1. The average Bonchev–Trinajstić information content (AvgIpc) is 3.08. The largest absolute Gasteiger partial charge is 0.465 e. The first-order valence-corrected chi connectivity index (χ1v) is 5.93. The minimum Gasteiger partial charge on any atom is -0.465 e. The molecule has 0 aliphatic rings. The van der Waals surface area contributed by atoms with E-state index in [2.05, 4.69) is 15.0 Å². The summed E-state index contributed by atoms with van der Waals surface area (Å²) in [5.41, 5.74) is 3.71. The van der Waals surface area contributed by atoms with Gasteiger partial charge in [0.15, 0.2) is 0 Å². The van der Waals surface area contributed by atoms with Gasteiger partial charge in [0, 0.05) is 35.4 Å². The van der Waals surface area contributed by atoms with Gasteiger partial charge in [-0.1, -0.05) is 0 Å². The molecular weight excluding hydrogens is 242 g/mol. The van der Waals surface area contributed by atoms with Crippen molar-refractivity contribution in [3.8, 4) is 0 Å². The zero-order valence-electron chi connectivity index (χ0n) is 10.4. The highest BCUT2D eigenvalue weighted by molar-refractivity contribution is 5.95. The number of nitrogens with zero attached hydrogens (tertiary/aromatic N) is 1. The van der Waals surface area contributed by atoms with E-state index < -0.39 is 0 Å². The Morgan fingerprint density at radius 3 is 3.00 bits per heavy atom. The Bertz CT molecular complexity index is 713. The average molecular weight is 255 g/mol. The van der Waals surface area contributed by atoms with Gasteiger partial charge in [-0.05, 0) is 23.8 Å². The summed E-state index contributed by atoms with van der Waals surface area (Å²) in [7, 11) is 1.38. The highest BCUT2D eigenvalue weighted by atomic mass is 16.5. The van der Waals surface area contributed by atoms with Crippen LogP contribution in [0.15, 0.2) is 36.9 Å². The van der Waals surface area contributed by atoms with E-state index in [0.29, 0.717) is 5.56 Å². The second-order valence-corrected chi connectivity index (χ2v) is 4.32. The van der Waals surface area contributed by atoms with Gasteiger partial charge in [0.2, 0.25) is 0 Å². The molecule has 3 rings (SSSR count). The summed E-state index contributed by atoms with van der Waals surface area (Å²) in [5, 5.41) is 1.03. The summed E-state index contributed by atoms with van der Waals surface area (Å²) in [6.45, 7) is 0. The first kappa shape index (κ1) is 11.5. The molecule has 0 saturated heterocycles. The molecule has 96 valence electrons. The van der Waals surface area contributed by atoms with Crippen LogP contribution in [0.4, 0.5) is 0 Å². The van der Waals surface area contributed by atoms with Crippen LogP contribution in [0.1, 0.15) is 21.6 Å². The lowest BCUT2D eigenvalue weighted by Crippen LogP contribution is -2.00. The molecule has 5 nitrogen and oxygen atoms in total. The van der Waals surface area contributed by atoms with Gasteiger partial charge < -0.3 is 14.7 Å². The quantitative estimate of drug-likeness (QED) is 0.705. The van der Waals surface area contributed by atoms with E-state index in [1.807, 2.05) is 18.3 Å². The lowest BCUT2D eigenvalue weighted by molar-refractivity contribution is 0.0601. The van der Waals surface area contributed by atoms with E-state index in [-0.39, 0.29) is 5.97 Å². The van der Waals surface area contributed by atoms with Crippen LogP contribution in [0.3, 0.4) is 0 Å². The number of methoxy groups -OCH3 is 1. The lowest BCUT2D eigenvalue weighted by Gasteiger charge is -2.01. The van der Waals surface area contributed by atoms with Gasteiger partial charge in [-0.3, -0.25) is 0 Å². The fourth-order valence-corrected chi connectivity index (χ4v) is 2.16. The van der Waals surface area contributed by atoms with Gasteiger partial charge in [-0.25, -0.2) is 9.78 Å². The van der Waals surface area contributed by atoms with Gasteiger partial charge in [0.25, 0.3) is 0 Å². The van der Waals surface area contributed by atoms with Crippen LogP contribution in [-0.2, 0) is 11.2 Å². The highest BCUT2D eigenvalue weighted by Gasteiger charge is 2.10. The van der Waals surface area contributed by atoms with E-state index in [9.17, 15) is 4.79 Å². The molecule has 0 bridgehead atoms. The molecule has 19 heavy (non-hydrogen) atoms. The number of nitrogens with one attached hydrogen (secondary N) is 2. The van der Waals surface area contributed by atoms with Crippen molar-refractivity contribution in [3.63, 3.8) is 0 Å². The summed E-state index contributed by atoms with van der Waals surface area (Å²) in [4.78, 5) is 21.8. The maximum absolute atomic E-state index is 11.6. The topological polar surface area (TPSA) is 70.8 Å². The molecule has 3 aromatic rings. The van der Waals surface area contributed by atoms with Crippen molar-refractivity contribution in [3.05, 3.63) is 53.7 Å². The summed E-state index contributed by atoms with van der Waals surface area (Å²) < 4.78 is 4.74. The number of aromatic nitrogens is 3. The first-order chi connectivity index (χ1) is 9.28. The van der Waals surface area contributed by atoms with E-state index in [1.54, 1.807) is 18.6 Å². The Hall–Kier alpha value is -2.56. The predicted molar refractivity (Wildman–Crippen MR) is 71.0 cm³/mol. The van der Waals surface area contributed by atoms with Crippen molar-refractivity contribution < 1.29 is 9.53 Å². The normalized spacial score (nSPS) is 10.8. The third-order valence-electron chi connectivity index (χ3n) is 3.12. The molecule has 0 saturated carbocycles. The van der Waals surface area contributed by atoms with Crippen LogP contribution >= 0.6 is 0 Å². The SMILES string of the molecule is COC(=O)c1ccc2[nH]cc(Cc3cnc[nH]3)c2c1. The maximum Gasteiger partial charge on any atom is 0.337 e. The molecule has 2 N–H and O–H groups in total. The number of hydrogen-bond acceptors (Lipinski definition) is 3. The number of hydrogen-bond donors (Lipinski definition) is 2. The summed E-state index contributed by atoms with van der Waals surface area (Å²) >= 11 is 0. The molecule has 0 atom stereocenters. The van der Waals surface area contributed by atoms with Gasteiger partial charge in [0.05, 0.1) is 19.0 Å². The molecule has 0 spiro atoms. The zero-order valence-corrected chi connectivity index (χ0v) is 10.4. The van der Waals surface area contributed by atoms with Gasteiger partial charge in [-0.15, -0.1) is 0 Å². The number of carbonyl (C=O) groups is 1. The van der Waals surface area contributed by atoms with Crippen LogP contribution in [-0.4, -0.2) is 28.0 Å². The van der Waals surface area contributed by atoms with E-state index in [0.717, 1.165) is 28.6 Å². The maximum atomic E-state index is 11.6. The number of imidazole rings is 1. The summed E-state index contributed by atoms with van der Waals surface area (Å²) in [5.74, 6) is -0.324. The Labute approximate surface area is 109 Å². The second kappa shape index (κ2) is 4.61.